The molecule has 0 spiro atoms. The molecule has 3 aliphatic rings. The Morgan fingerprint density at radius 3 is 2.67 bits per heavy atom. The molecule has 1 unspecified atom stereocenters. The maximum absolute atomic E-state index is 12.4. The number of benzene rings is 1. The van der Waals surface area contributed by atoms with E-state index in [-0.39, 0.29) is 12.0 Å². The van der Waals surface area contributed by atoms with Gasteiger partial charge in [-0.25, -0.2) is 0 Å². The zero-order valence-electron chi connectivity index (χ0n) is 14.4. The number of rotatable bonds is 4. The maximum atomic E-state index is 12.4. The molecule has 1 saturated carbocycles. The van der Waals surface area contributed by atoms with Gasteiger partial charge >= 0.3 is 0 Å². The van der Waals surface area contributed by atoms with Crippen molar-refractivity contribution in [2.45, 2.75) is 57.1 Å². The van der Waals surface area contributed by atoms with Crippen molar-refractivity contribution in [2.24, 2.45) is 0 Å². The van der Waals surface area contributed by atoms with Crippen molar-refractivity contribution in [1.82, 2.24) is 10.2 Å². The normalized spacial score (nSPS) is 24.9. The Hall–Kier alpha value is -1.39. The smallest absolute Gasteiger partial charge is 0.251 e. The molecule has 24 heavy (non-hydrogen) atoms. The lowest BCUT2D eigenvalue weighted by Crippen LogP contribution is -2.41. The lowest BCUT2D eigenvalue weighted by Gasteiger charge is -2.36. The van der Waals surface area contributed by atoms with Crippen molar-refractivity contribution in [2.75, 3.05) is 26.2 Å². The summed E-state index contributed by atoms with van der Waals surface area (Å²) in [5.41, 5.74) is 3.58. The molecule has 2 fully saturated rings. The fourth-order valence-electron chi connectivity index (χ4n) is 4.11. The number of fused-ring (bicyclic) bond motifs is 1. The predicted molar refractivity (Wildman–Crippen MR) is 94.4 cm³/mol. The molecule has 2 heterocycles. The zero-order valence-corrected chi connectivity index (χ0v) is 14.4. The van der Waals surface area contributed by atoms with Crippen LogP contribution in [0.3, 0.4) is 0 Å². The molecule has 1 aliphatic carbocycles. The summed E-state index contributed by atoms with van der Waals surface area (Å²) in [6.45, 7) is 3.77. The Labute approximate surface area is 144 Å². The lowest BCUT2D eigenvalue weighted by atomic mass is 9.91. The fourth-order valence-corrected chi connectivity index (χ4v) is 4.11. The summed E-state index contributed by atoms with van der Waals surface area (Å²) in [6, 6.07) is 7.08. The average Bonchev–Trinajstić information content (AvgIpc) is 2.99. The van der Waals surface area contributed by atoms with Gasteiger partial charge in [0.25, 0.3) is 5.91 Å². The van der Waals surface area contributed by atoms with E-state index < -0.39 is 0 Å². The minimum Gasteiger partial charge on any atom is -0.376 e. The van der Waals surface area contributed by atoms with Gasteiger partial charge in [-0.3, -0.25) is 9.69 Å². The van der Waals surface area contributed by atoms with Crippen LogP contribution in [0.1, 0.15) is 53.6 Å². The van der Waals surface area contributed by atoms with Crippen molar-refractivity contribution < 1.29 is 9.53 Å². The Morgan fingerprint density at radius 2 is 1.96 bits per heavy atom. The molecule has 1 aromatic rings. The summed E-state index contributed by atoms with van der Waals surface area (Å²) < 4.78 is 5.58. The molecular weight excluding hydrogens is 300 g/mol. The van der Waals surface area contributed by atoms with E-state index in [1.54, 1.807) is 0 Å². The minimum absolute atomic E-state index is 0.0356. The second-order valence-corrected chi connectivity index (χ2v) is 7.45. The van der Waals surface area contributed by atoms with Crippen LogP contribution in [0.25, 0.3) is 0 Å². The van der Waals surface area contributed by atoms with E-state index in [2.05, 4.69) is 22.3 Å². The van der Waals surface area contributed by atoms with Crippen LogP contribution in [-0.4, -0.2) is 49.2 Å². The van der Waals surface area contributed by atoms with Gasteiger partial charge in [-0.05, 0) is 61.8 Å². The van der Waals surface area contributed by atoms with Crippen molar-refractivity contribution in [3.05, 3.63) is 34.9 Å². The van der Waals surface area contributed by atoms with Gasteiger partial charge in [0.15, 0.2) is 0 Å². The molecule has 4 rings (SSSR count). The van der Waals surface area contributed by atoms with Gasteiger partial charge < -0.3 is 10.1 Å². The van der Waals surface area contributed by atoms with Crippen LogP contribution in [0.2, 0.25) is 0 Å². The van der Waals surface area contributed by atoms with E-state index in [1.807, 2.05) is 6.07 Å². The third-order valence-corrected chi connectivity index (χ3v) is 5.91. The van der Waals surface area contributed by atoms with Crippen LogP contribution in [0.15, 0.2) is 18.2 Å². The van der Waals surface area contributed by atoms with Crippen LogP contribution in [0, 0.1) is 0 Å². The first-order valence-electron chi connectivity index (χ1n) is 9.55. The van der Waals surface area contributed by atoms with E-state index in [0.717, 1.165) is 50.4 Å². The van der Waals surface area contributed by atoms with E-state index in [9.17, 15) is 4.79 Å². The average molecular weight is 328 g/mol. The van der Waals surface area contributed by atoms with Crippen LogP contribution in [-0.2, 0) is 17.6 Å². The Balaban J connectivity index is 1.38. The summed E-state index contributed by atoms with van der Waals surface area (Å²) >= 11 is 0. The monoisotopic (exact) mass is 328 g/mol. The highest BCUT2D eigenvalue weighted by atomic mass is 16.5. The Bertz CT molecular complexity index is 591. The van der Waals surface area contributed by atoms with Gasteiger partial charge in [0.2, 0.25) is 0 Å². The number of nitrogens with zero attached hydrogens (tertiary/aromatic N) is 1. The third-order valence-electron chi connectivity index (χ3n) is 5.91. The molecule has 0 aromatic heterocycles. The SMILES string of the molecule is O=C(NCC1CCCO1)c1ccc2c(c1)CCN(C1CCC1)CC2. The number of nitrogens with one attached hydrogen (secondary N) is 1. The summed E-state index contributed by atoms with van der Waals surface area (Å²) in [4.78, 5) is 15.1. The molecule has 1 aromatic carbocycles. The molecule has 0 bridgehead atoms. The lowest BCUT2D eigenvalue weighted by molar-refractivity contribution is 0.0857. The van der Waals surface area contributed by atoms with Gasteiger partial charge in [0.1, 0.15) is 0 Å². The molecule has 1 N–H and O–H groups in total. The second kappa shape index (κ2) is 7.24. The van der Waals surface area contributed by atoms with E-state index in [4.69, 9.17) is 4.74 Å². The first-order chi connectivity index (χ1) is 11.8. The van der Waals surface area contributed by atoms with Crippen molar-refractivity contribution in [1.29, 1.82) is 0 Å². The van der Waals surface area contributed by atoms with Crippen molar-refractivity contribution in [3.63, 3.8) is 0 Å². The number of carbonyl (C=O) groups is 1. The van der Waals surface area contributed by atoms with Gasteiger partial charge in [-0.15, -0.1) is 0 Å². The van der Waals surface area contributed by atoms with Crippen LogP contribution in [0.4, 0.5) is 0 Å². The van der Waals surface area contributed by atoms with Gasteiger partial charge in [-0.1, -0.05) is 12.5 Å². The molecular formula is C20H28N2O2. The van der Waals surface area contributed by atoms with Crippen LogP contribution >= 0.6 is 0 Å². The molecule has 0 radical (unpaired) electrons. The van der Waals surface area contributed by atoms with E-state index in [1.165, 1.54) is 36.9 Å². The summed E-state index contributed by atoms with van der Waals surface area (Å²) in [7, 11) is 0. The summed E-state index contributed by atoms with van der Waals surface area (Å²) in [5.74, 6) is 0.0356. The number of carbonyl (C=O) groups excluding carboxylic acids is 1. The van der Waals surface area contributed by atoms with Crippen molar-refractivity contribution in [3.8, 4) is 0 Å². The quantitative estimate of drug-likeness (QED) is 0.923. The maximum Gasteiger partial charge on any atom is 0.251 e. The molecule has 1 saturated heterocycles. The number of hydrogen-bond acceptors (Lipinski definition) is 3. The molecule has 1 amide bonds. The van der Waals surface area contributed by atoms with Crippen LogP contribution < -0.4 is 5.32 Å². The second-order valence-electron chi connectivity index (χ2n) is 7.45. The van der Waals surface area contributed by atoms with Gasteiger partial charge in [0, 0.05) is 37.8 Å². The fraction of sp³-hybridized carbons (Fsp3) is 0.650. The highest BCUT2D eigenvalue weighted by Crippen LogP contribution is 2.27. The standard InChI is InChI=1S/C20H28N2O2/c23-20(21-14-19-5-2-12-24-19)17-7-6-15-8-10-22(18-3-1-4-18)11-9-16(15)13-17/h6-7,13,18-19H,1-5,8-12,14H2,(H,21,23). The first kappa shape index (κ1) is 16.1. The van der Waals surface area contributed by atoms with E-state index in [0.29, 0.717) is 6.54 Å². The topological polar surface area (TPSA) is 41.6 Å². The Morgan fingerprint density at radius 1 is 1.12 bits per heavy atom. The number of hydrogen-bond donors (Lipinski definition) is 1. The van der Waals surface area contributed by atoms with E-state index >= 15 is 0 Å². The zero-order chi connectivity index (χ0) is 16.4. The summed E-state index contributed by atoms with van der Waals surface area (Å²) in [6.07, 6.45) is 8.68. The molecule has 4 heteroatoms. The molecule has 4 nitrogen and oxygen atoms in total. The number of ether oxygens (including phenoxy) is 1. The molecule has 1 atom stereocenters. The van der Waals surface area contributed by atoms with Gasteiger partial charge in [0.05, 0.1) is 6.10 Å². The predicted octanol–water partition coefficient (Wildman–Crippen LogP) is 2.55. The molecule has 2 aliphatic heterocycles. The van der Waals surface area contributed by atoms with Crippen LogP contribution in [0.5, 0.6) is 0 Å². The van der Waals surface area contributed by atoms with Crippen molar-refractivity contribution >= 4 is 5.91 Å². The number of amides is 1. The summed E-state index contributed by atoms with van der Waals surface area (Å²) in [5, 5.41) is 3.03. The van der Waals surface area contributed by atoms with Gasteiger partial charge in [-0.2, -0.15) is 0 Å². The first-order valence-corrected chi connectivity index (χ1v) is 9.55. The highest BCUT2D eigenvalue weighted by Gasteiger charge is 2.26. The third kappa shape index (κ3) is 3.50. The largest absolute Gasteiger partial charge is 0.376 e. The minimum atomic E-state index is 0.0356. The highest BCUT2D eigenvalue weighted by molar-refractivity contribution is 5.94. The molecule has 130 valence electrons. The Kier molecular flexibility index (Phi) is 4.86.